The van der Waals surface area contributed by atoms with Crippen LogP contribution in [0.25, 0.3) is 0 Å². The van der Waals surface area contributed by atoms with Gasteiger partial charge in [-0.15, -0.1) is 28.5 Å². The number of hydrogen-bond donors (Lipinski definition) is 2. The molecule has 18 heteroatoms. The number of pyridine rings is 1. The molecule has 0 bridgehead atoms. The van der Waals surface area contributed by atoms with E-state index in [2.05, 4.69) is 40.9 Å². The van der Waals surface area contributed by atoms with E-state index in [0.29, 0.717) is 10.9 Å². The van der Waals surface area contributed by atoms with Gasteiger partial charge in [-0.25, -0.2) is 18.4 Å². The second-order valence-corrected chi connectivity index (χ2v) is 9.94. The third-order valence-corrected chi connectivity index (χ3v) is 6.50. The predicted octanol–water partition coefficient (Wildman–Crippen LogP) is 3.65. The third kappa shape index (κ3) is 9.66. The van der Waals surface area contributed by atoms with Crippen molar-refractivity contribution >= 4 is 28.3 Å². The average Bonchev–Trinajstić information content (AvgIpc) is 3.61. The highest BCUT2D eigenvalue weighted by molar-refractivity contribution is 7.15. The van der Waals surface area contributed by atoms with Crippen molar-refractivity contribution in [2.45, 2.75) is 44.9 Å². The first-order valence-corrected chi connectivity index (χ1v) is 13.3. The number of amides is 2. The van der Waals surface area contributed by atoms with Crippen molar-refractivity contribution in [3.8, 4) is 11.6 Å². The minimum Gasteiger partial charge on any atom is -0.481 e. The van der Waals surface area contributed by atoms with Crippen LogP contribution in [0.2, 0.25) is 0 Å². The largest absolute Gasteiger partial charge is 0.573 e. The molecule has 4 aromatic rings. The number of nitrogens with zero attached hydrogens (tertiary/aromatic N) is 6. The molecule has 3 aromatic heterocycles. The molecule has 0 radical (unpaired) electrons. The number of methoxy groups -OCH3 is 1. The second-order valence-electron chi connectivity index (χ2n) is 8.88. The minimum absolute atomic E-state index is 0.0117. The minimum atomic E-state index is -4.97. The Morgan fingerprint density at radius 1 is 1.14 bits per heavy atom. The smallest absolute Gasteiger partial charge is 0.481 e. The van der Waals surface area contributed by atoms with Crippen molar-refractivity contribution < 1.29 is 41.0 Å². The zero-order chi connectivity index (χ0) is 31.0. The van der Waals surface area contributed by atoms with Crippen LogP contribution in [0.15, 0.2) is 42.7 Å². The zero-order valence-corrected chi connectivity index (χ0v) is 23.1. The molecular weight excluding hydrogens is 603 g/mol. The predicted molar refractivity (Wildman–Crippen MR) is 141 cm³/mol. The van der Waals surface area contributed by atoms with Crippen molar-refractivity contribution in [3.05, 3.63) is 70.4 Å². The number of halogens is 5. The van der Waals surface area contributed by atoms with E-state index in [0.717, 1.165) is 35.1 Å². The van der Waals surface area contributed by atoms with Gasteiger partial charge in [0.25, 0.3) is 5.91 Å². The lowest BCUT2D eigenvalue weighted by molar-refractivity contribution is -0.274. The van der Waals surface area contributed by atoms with Gasteiger partial charge in [0, 0.05) is 30.8 Å². The van der Waals surface area contributed by atoms with Crippen LogP contribution in [0.3, 0.4) is 0 Å². The molecule has 4 rings (SSSR count). The number of anilines is 1. The number of nitrogens with one attached hydrogen (secondary N) is 2. The summed E-state index contributed by atoms with van der Waals surface area (Å²) in [5, 5.41) is 20.7. The number of carbonyl (C=O) groups is 2. The van der Waals surface area contributed by atoms with Gasteiger partial charge in [-0.3, -0.25) is 9.59 Å². The van der Waals surface area contributed by atoms with Crippen LogP contribution in [0.5, 0.6) is 11.6 Å². The standard InChI is InChI=1S/C25H23F5N8O4S/c1-41-21-6-2-14(10-31-21)11-32-23(40)19-13-38(37-34-19)12-16(26)3-7-22-35-36-24(43-22)33-20(39)9-15-8-17(4-5-18(15)27)42-25(28,29)30/h2,4-6,8,10,13,16H,3,7,9,11-12H2,1H3,(H,32,40)(H,33,36,39). The van der Waals surface area contributed by atoms with Crippen LogP contribution in [0.4, 0.5) is 27.1 Å². The lowest BCUT2D eigenvalue weighted by atomic mass is 10.1. The van der Waals surface area contributed by atoms with Crippen molar-refractivity contribution in [1.82, 2.24) is 35.5 Å². The van der Waals surface area contributed by atoms with Crippen LogP contribution in [0.1, 0.15) is 33.0 Å². The number of alkyl halides is 4. The third-order valence-electron chi connectivity index (χ3n) is 5.60. The number of carbonyl (C=O) groups excluding carboxylic acids is 2. The van der Waals surface area contributed by atoms with Gasteiger partial charge in [0.05, 0.1) is 26.3 Å². The molecular formula is C25H23F5N8O4S. The van der Waals surface area contributed by atoms with E-state index in [-0.39, 0.29) is 42.3 Å². The van der Waals surface area contributed by atoms with E-state index in [1.165, 1.54) is 18.0 Å². The maximum atomic E-state index is 14.6. The monoisotopic (exact) mass is 626 g/mol. The highest BCUT2D eigenvalue weighted by Gasteiger charge is 2.31. The quantitative estimate of drug-likeness (QED) is 0.212. The van der Waals surface area contributed by atoms with Crippen LogP contribution in [-0.2, 0) is 30.7 Å². The van der Waals surface area contributed by atoms with Crippen LogP contribution < -0.4 is 20.1 Å². The molecule has 0 aliphatic heterocycles. The van der Waals surface area contributed by atoms with Crippen LogP contribution in [0, 0.1) is 5.82 Å². The molecule has 228 valence electrons. The first-order valence-electron chi connectivity index (χ1n) is 12.4. The summed E-state index contributed by atoms with van der Waals surface area (Å²) in [6.45, 7) is 0.0213. The summed E-state index contributed by atoms with van der Waals surface area (Å²) < 4.78 is 75.8. The number of benzene rings is 1. The summed E-state index contributed by atoms with van der Waals surface area (Å²) in [7, 11) is 1.49. The fourth-order valence-corrected chi connectivity index (χ4v) is 4.37. The summed E-state index contributed by atoms with van der Waals surface area (Å²) >= 11 is 0.962. The SMILES string of the molecule is COc1ccc(CNC(=O)c2cn(CC(F)CCc3nnc(NC(=O)Cc4cc(OC(F)(F)F)ccc4F)s3)nn2)cn1. The number of hydrogen-bond acceptors (Lipinski definition) is 10. The second kappa shape index (κ2) is 14.0. The molecule has 0 spiro atoms. The molecule has 43 heavy (non-hydrogen) atoms. The van der Waals surface area contributed by atoms with E-state index >= 15 is 0 Å². The molecule has 2 N–H and O–H groups in total. The molecule has 1 aromatic carbocycles. The van der Waals surface area contributed by atoms with Gasteiger partial charge in [-0.2, -0.15) is 0 Å². The molecule has 2 amide bonds. The van der Waals surface area contributed by atoms with E-state index in [1.807, 2.05) is 0 Å². The van der Waals surface area contributed by atoms with E-state index in [1.54, 1.807) is 18.3 Å². The molecule has 0 aliphatic rings. The van der Waals surface area contributed by atoms with Gasteiger partial charge in [-0.05, 0) is 30.2 Å². The zero-order valence-electron chi connectivity index (χ0n) is 22.3. The van der Waals surface area contributed by atoms with Crippen molar-refractivity contribution in [2.75, 3.05) is 12.4 Å². The molecule has 0 saturated carbocycles. The Morgan fingerprint density at radius 2 is 1.95 bits per heavy atom. The summed E-state index contributed by atoms with van der Waals surface area (Å²) in [5.41, 5.74) is 0.439. The topological polar surface area (TPSA) is 146 Å². The number of ether oxygens (including phenoxy) is 2. The van der Waals surface area contributed by atoms with Crippen molar-refractivity contribution in [3.63, 3.8) is 0 Å². The maximum Gasteiger partial charge on any atom is 0.573 e. The highest BCUT2D eigenvalue weighted by atomic mass is 32.1. The fourth-order valence-electron chi connectivity index (χ4n) is 3.60. The van der Waals surface area contributed by atoms with Gasteiger partial charge in [0.2, 0.25) is 16.9 Å². The van der Waals surface area contributed by atoms with E-state index < -0.39 is 42.3 Å². The summed E-state index contributed by atoms with van der Waals surface area (Å²) in [6.07, 6.45) is -3.87. The normalized spacial score (nSPS) is 12.0. The molecule has 0 fully saturated rings. The van der Waals surface area contributed by atoms with Gasteiger partial charge < -0.3 is 20.1 Å². The van der Waals surface area contributed by atoms with E-state index in [9.17, 15) is 31.5 Å². The van der Waals surface area contributed by atoms with Crippen molar-refractivity contribution in [1.29, 1.82) is 0 Å². The molecule has 1 unspecified atom stereocenters. The Balaban J connectivity index is 1.21. The Kier molecular flexibility index (Phi) is 10.1. The van der Waals surface area contributed by atoms with Crippen LogP contribution in [-0.4, -0.2) is 61.6 Å². The van der Waals surface area contributed by atoms with E-state index in [4.69, 9.17) is 4.74 Å². The molecule has 12 nitrogen and oxygen atoms in total. The summed E-state index contributed by atoms with van der Waals surface area (Å²) in [5.74, 6) is -2.35. The van der Waals surface area contributed by atoms with Crippen LogP contribution >= 0.6 is 11.3 Å². The van der Waals surface area contributed by atoms with Gasteiger partial charge in [0.1, 0.15) is 22.7 Å². The van der Waals surface area contributed by atoms with Gasteiger partial charge in [0.15, 0.2) is 5.69 Å². The molecule has 3 heterocycles. The lowest BCUT2D eigenvalue weighted by Crippen LogP contribution is -2.23. The first kappa shape index (κ1) is 31.2. The number of aryl methyl sites for hydroxylation is 1. The summed E-state index contributed by atoms with van der Waals surface area (Å²) in [4.78, 5) is 28.7. The Bertz CT molecular complexity index is 1550. The molecule has 0 saturated heterocycles. The fraction of sp³-hybridized carbons (Fsp3) is 0.320. The Hall–Kier alpha value is -4.74. The van der Waals surface area contributed by atoms with Crippen molar-refractivity contribution in [2.24, 2.45) is 0 Å². The molecule has 1 atom stereocenters. The van der Waals surface area contributed by atoms with Gasteiger partial charge >= 0.3 is 6.36 Å². The Morgan fingerprint density at radius 3 is 2.67 bits per heavy atom. The van der Waals surface area contributed by atoms with Gasteiger partial charge in [-0.1, -0.05) is 22.6 Å². The maximum absolute atomic E-state index is 14.6. The average molecular weight is 627 g/mol. The first-order chi connectivity index (χ1) is 20.5. The number of aromatic nitrogens is 6. The Labute approximate surface area is 244 Å². The summed E-state index contributed by atoms with van der Waals surface area (Å²) in [6, 6.07) is 5.73. The number of rotatable bonds is 13. The lowest BCUT2D eigenvalue weighted by Gasteiger charge is -2.10. The highest BCUT2D eigenvalue weighted by Crippen LogP contribution is 2.25. The molecule has 0 aliphatic carbocycles.